The van der Waals surface area contributed by atoms with E-state index < -0.39 is 0 Å². The molecule has 0 aromatic heterocycles. The van der Waals surface area contributed by atoms with Crippen molar-refractivity contribution < 1.29 is 5.11 Å². The minimum Gasteiger partial charge on any atom is -0.508 e. The summed E-state index contributed by atoms with van der Waals surface area (Å²) < 4.78 is 0. The van der Waals surface area contributed by atoms with Crippen LogP contribution in [0.25, 0.3) is 0 Å². The van der Waals surface area contributed by atoms with Crippen LogP contribution in [-0.4, -0.2) is 11.1 Å². The van der Waals surface area contributed by atoms with Gasteiger partial charge in [0.2, 0.25) is 0 Å². The molecular formula is C10H15NO. The van der Waals surface area contributed by atoms with Gasteiger partial charge in [-0.3, -0.25) is 0 Å². The van der Waals surface area contributed by atoms with Gasteiger partial charge in [-0.2, -0.15) is 0 Å². The normalized spacial score (nSPS) is 15.6. The first-order chi connectivity index (χ1) is 5.61. The van der Waals surface area contributed by atoms with Crippen molar-refractivity contribution in [2.24, 2.45) is 5.73 Å². The van der Waals surface area contributed by atoms with Gasteiger partial charge in [0.1, 0.15) is 5.75 Å². The average Bonchev–Trinajstić information content (AvgIpc) is 2.04. The SMILES string of the molecule is CC(N)[C@H](C)c1ccc(O)cc1. The molecule has 0 spiro atoms. The summed E-state index contributed by atoms with van der Waals surface area (Å²) in [4.78, 5) is 0. The lowest BCUT2D eigenvalue weighted by Gasteiger charge is -2.15. The molecule has 0 heterocycles. The van der Waals surface area contributed by atoms with Gasteiger partial charge in [-0.15, -0.1) is 0 Å². The van der Waals surface area contributed by atoms with Crippen molar-refractivity contribution in [3.05, 3.63) is 29.8 Å². The predicted octanol–water partition coefficient (Wildman–Crippen LogP) is 1.84. The zero-order valence-electron chi connectivity index (χ0n) is 7.49. The smallest absolute Gasteiger partial charge is 0.115 e. The van der Waals surface area contributed by atoms with E-state index in [1.54, 1.807) is 12.1 Å². The predicted molar refractivity (Wildman–Crippen MR) is 50.2 cm³/mol. The van der Waals surface area contributed by atoms with E-state index in [9.17, 15) is 0 Å². The summed E-state index contributed by atoms with van der Waals surface area (Å²) in [5, 5.41) is 9.05. The van der Waals surface area contributed by atoms with E-state index >= 15 is 0 Å². The van der Waals surface area contributed by atoms with Gasteiger partial charge in [0.25, 0.3) is 0 Å². The molecule has 2 atom stereocenters. The van der Waals surface area contributed by atoms with E-state index in [2.05, 4.69) is 6.92 Å². The third-order valence-electron chi connectivity index (χ3n) is 2.21. The summed E-state index contributed by atoms with van der Waals surface area (Å²) >= 11 is 0. The molecule has 0 amide bonds. The lowest BCUT2D eigenvalue weighted by atomic mass is 9.95. The number of phenolic OH excluding ortho intramolecular Hbond substituents is 1. The Bertz CT molecular complexity index is 241. The fraction of sp³-hybridized carbons (Fsp3) is 0.400. The van der Waals surface area contributed by atoms with Crippen LogP contribution in [0.4, 0.5) is 0 Å². The Morgan fingerprint density at radius 1 is 1.17 bits per heavy atom. The minimum absolute atomic E-state index is 0.148. The summed E-state index contributed by atoms with van der Waals surface area (Å²) in [7, 11) is 0. The molecule has 0 fully saturated rings. The van der Waals surface area contributed by atoms with Crippen LogP contribution in [0.3, 0.4) is 0 Å². The van der Waals surface area contributed by atoms with Crippen molar-refractivity contribution in [1.29, 1.82) is 0 Å². The molecular weight excluding hydrogens is 150 g/mol. The molecule has 2 nitrogen and oxygen atoms in total. The van der Waals surface area contributed by atoms with Gasteiger partial charge in [-0.05, 0) is 30.5 Å². The van der Waals surface area contributed by atoms with E-state index in [4.69, 9.17) is 10.8 Å². The first-order valence-electron chi connectivity index (χ1n) is 4.16. The van der Waals surface area contributed by atoms with Gasteiger partial charge in [-0.1, -0.05) is 19.1 Å². The van der Waals surface area contributed by atoms with Crippen LogP contribution in [0, 0.1) is 0 Å². The second-order valence-corrected chi connectivity index (χ2v) is 3.24. The highest BCUT2D eigenvalue weighted by molar-refractivity contribution is 5.28. The number of phenols is 1. The Balaban J connectivity index is 2.82. The van der Waals surface area contributed by atoms with E-state index in [0.717, 1.165) is 0 Å². The van der Waals surface area contributed by atoms with E-state index in [0.29, 0.717) is 11.7 Å². The second kappa shape index (κ2) is 3.59. The fourth-order valence-electron chi connectivity index (χ4n) is 1.08. The van der Waals surface area contributed by atoms with Gasteiger partial charge in [0.15, 0.2) is 0 Å². The number of benzene rings is 1. The first kappa shape index (κ1) is 9.07. The molecule has 0 aliphatic carbocycles. The highest BCUT2D eigenvalue weighted by atomic mass is 16.3. The lowest BCUT2D eigenvalue weighted by molar-refractivity contribution is 0.474. The average molecular weight is 165 g/mol. The van der Waals surface area contributed by atoms with Gasteiger partial charge in [0, 0.05) is 6.04 Å². The summed E-state index contributed by atoms with van der Waals surface area (Å²) in [6, 6.07) is 7.34. The van der Waals surface area contributed by atoms with Gasteiger partial charge >= 0.3 is 0 Å². The van der Waals surface area contributed by atoms with Crippen molar-refractivity contribution in [3.8, 4) is 5.75 Å². The molecule has 0 aliphatic rings. The van der Waals surface area contributed by atoms with Crippen molar-refractivity contribution >= 4 is 0 Å². The topological polar surface area (TPSA) is 46.2 Å². The zero-order valence-corrected chi connectivity index (χ0v) is 7.49. The van der Waals surface area contributed by atoms with Crippen molar-refractivity contribution in [2.45, 2.75) is 25.8 Å². The van der Waals surface area contributed by atoms with Crippen molar-refractivity contribution in [1.82, 2.24) is 0 Å². The van der Waals surface area contributed by atoms with Gasteiger partial charge < -0.3 is 10.8 Å². The zero-order chi connectivity index (χ0) is 9.14. The number of aromatic hydroxyl groups is 1. The summed E-state index contributed by atoms with van der Waals surface area (Å²) in [5.41, 5.74) is 6.91. The molecule has 1 aromatic carbocycles. The standard InChI is InChI=1S/C10H15NO/c1-7(8(2)11)9-3-5-10(12)6-4-9/h3-8,12H,11H2,1-2H3/t7-,8?/m0/s1. The van der Waals surface area contributed by atoms with E-state index in [-0.39, 0.29) is 6.04 Å². The summed E-state index contributed by atoms with van der Waals surface area (Å²) in [5.74, 6) is 0.640. The molecule has 0 aliphatic heterocycles. The number of rotatable bonds is 2. The largest absolute Gasteiger partial charge is 0.508 e. The Morgan fingerprint density at radius 2 is 1.67 bits per heavy atom. The molecule has 0 bridgehead atoms. The monoisotopic (exact) mass is 165 g/mol. The van der Waals surface area contributed by atoms with Gasteiger partial charge in [0.05, 0.1) is 0 Å². The molecule has 3 N–H and O–H groups in total. The molecule has 66 valence electrons. The molecule has 12 heavy (non-hydrogen) atoms. The second-order valence-electron chi connectivity index (χ2n) is 3.24. The Morgan fingerprint density at radius 3 is 2.08 bits per heavy atom. The van der Waals surface area contributed by atoms with Crippen LogP contribution in [-0.2, 0) is 0 Å². The molecule has 0 saturated carbocycles. The third-order valence-corrected chi connectivity index (χ3v) is 2.21. The van der Waals surface area contributed by atoms with Crippen molar-refractivity contribution in [2.75, 3.05) is 0 Å². The first-order valence-corrected chi connectivity index (χ1v) is 4.16. The van der Waals surface area contributed by atoms with Crippen LogP contribution in [0.1, 0.15) is 25.3 Å². The molecule has 1 rings (SSSR count). The highest BCUT2D eigenvalue weighted by Crippen LogP contribution is 2.19. The quantitative estimate of drug-likeness (QED) is 0.702. The fourth-order valence-corrected chi connectivity index (χ4v) is 1.08. The van der Waals surface area contributed by atoms with Crippen LogP contribution >= 0.6 is 0 Å². The molecule has 0 radical (unpaired) electrons. The third kappa shape index (κ3) is 1.98. The lowest BCUT2D eigenvalue weighted by Crippen LogP contribution is -2.22. The molecule has 1 aromatic rings. The summed E-state index contributed by atoms with van der Waals surface area (Å²) in [6.45, 7) is 4.06. The number of hydrogen-bond donors (Lipinski definition) is 2. The molecule has 2 heteroatoms. The van der Waals surface area contributed by atoms with Crippen LogP contribution < -0.4 is 5.73 Å². The Labute approximate surface area is 73.0 Å². The summed E-state index contributed by atoms with van der Waals surface area (Å²) in [6.07, 6.45) is 0. The minimum atomic E-state index is 0.148. The Hall–Kier alpha value is -1.02. The molecule has 1 unspecified atom stereocenters. The maximum atomic E-state index is 9.05. The highest BCUT2D eigenvalue weighted by Gasteiger charge is 2.09. The maximum Gasteiger partial charge on any atom is 0.115 e. The number of nitrogens with two attached hydrogens (primary N) is 1. The Kier molecular flexibility index (Phi) is 2.71. The van der Waals surface area contributed by atoms with Crippen LogP contribution in [0.5, 0.6) is 5.75 Å². The maximum absolute atomic E-state index is 9.05. The van der Waals surface area contributed by atoms with E-state index in [1.165, 1.54) is 5.56 Å². The van der Waals surface area contributed by atoms with E-state index in [1.807, 2.05) is 19.1 Å². The van der Waals surface area contributed by atoms with Crippen LogP contribution in [0.15, 0.2) is 24.3 Å². The van der Waals surface area contributed by atoms with Crippen LogP contribution in [0.2, 0.25) is 0 Å². The number of hydrogen-bond acceptors (Lipinski definition) is 2. The van der Waals surface area contributed by atoms with Gasteiger partial charge in [-0.25, -0.2) is 0 Å². The van der Waals surface area contributed by atoms with Crippen molar-refractivity contribution in [3.63, 3.8) is 0 Å². The molecule has 0 saturated heterocycles.